The molecule has 0 radical (unpaired) electrons. The van der Waals surface area contributed by atoms with Gasteiger partial charge in [-0.05, 0) is 50.6 Å². The summed E-state index contributed by atoms with van der Waals surface area (Å²) < 4.78 is 6.34. The van der Waals surface area contributed by atoms with Gasteiger partial charge in [-0.25, -0.2) is 0 Å². The molecule has 1 aliphatic heterocycles. The van der Waals surface area contributed by atoms with Gasteiger partial charge in [0.05, 0.1) is 6.61 Å². The summed E-state index contributed by atoms with van der Waals surface area (Å²) >= 11 is 3.47. The van der Waals surface area contributed by atoms with Gasteiger partial charge < -0.3 is 15.4 Å². The minimum Gasteiger partial charge on any atom is -0.384 e. The highest BCUT2D eigenvalue weighted by Crippen LogP contribution is 2.28. The smallest absolute Gasteiger partial charge is 0.251 e. The maximum atomic E-state index is 12.4. The minimum atomic E-state index is -0.0113. The van der Waals surface area contributed by atoms with Crippen molar-refractivity contribution in [2.75, 3.05) is 33.4 Å². The summed E-state index contributed by atoms with van der Waals surface area (Å²) in [4.78, 5) is 12.4. The lowest BCUT2D eigenvalue weighted by Gasteiger charge is -2.37. The van der Waals surface area contributed by atoms with Crippen LogP contribution in [0.25, 0.3) is 0 Å². The zero-order valence-corrected chi connectivity index (χ0v) is 14.3. The van der Waals surface area contributed by atoms with Gasteiger partial charge in [0.1, 0.15) is 0 Å². The van der Waals surface area contributed by atoms with Crippen LogP contribution in [0.2, 0.25) is 0 Å². The number of hydrogen-bond donors (Lipinski definition) is 2. The minimum absolute atomic E-state index is 0.0113. The van der Waals surface area contributed by atoms with E-state index in [0.29, 0.717) is 13.2 Å². The largest absolute Gasteiger partial charge is 0.384 e. The first-order valence-corrected chi connectivity index (χ1v) is 8.10. The summed E-state index contributed by atoms with van der Waals surface area (Å²) in [6.07, 6.45) is 2.05. The quantitative estimate of drug-likeness (QED) is 0.853. The molecule has 0 saturated carbocycles. The van der Waals surface area contributed by atoms with Crippen LogP contribution in [-0.2, 0) is 4.74 Å². The molecule has 0 bridgehead atoms. The van der Waals surface area contributed by atoms with Crippen LogP contribution < -0.4 is 10.6 Å². The number of amides is 1. The predicted molar refractivity (Wildman–Crippen MR) is 87.6 cm³/mol. The first-order valence-electron chi connectivity index (χ1n) is 7.31. The molecule has 1 aromatic carbocycles. The van der Waals surface area contributed by atoms with Gasteiger partial charge in [0, 0.05) is 29.1 Å². The summed E-state index contributed by atoms with van der Waals surface area (Å²) in [5.74, 6) is -0.0113. The van der Waals surface area contributed by atoms with E-state index in [4.69, 9.17) is 4.74 Å². The van der Waals surface area contributed by atoms with Crippen molar-refractivity contribution in [1.29, 1.82) is 0 Å². The molecule has 0 spiro atoms. The fourth-order valence-corrected chi connectivity index (χ4v) is 3.22. The molecule has 21 heavy (non-hydrogen) atoms. The summed E-state index contributed by atoms with van der Waals surface area (Å²) in [7, 11) is 1.73. The molecule has 5 heteroatoms. The number of carbonyl (C=O) groups is 1. The SMILES string of the molecule is COCC1(CNC(=O)c2cccc(Br)c2C)CCNCC1. The molecule has 0 atom stereocenters. The van der Waals surface area contributed by atoms with Crippen molar-refractivity contribution < 1.29 is 9.53 Å². The Morgan fingerprint density at radius 2 is 2.14 bits per heavy atom. The molecule has 1 amide bonds. The summed E-state index contributed by atoms with van der Waals surface area (Å²) in [5, 5.41) is 6.45. The fourth-order valence-electron chi connectivity index (χ4n) is 2.85. The maximum Gasteiger partial charge on any atom is 0.251 e. The molecule has 0 aromatic heterocycles. The second-order valence-corrected chi connectivity index (χ2v) is 6.63. The third-order valence-corrected chi connectivity index (χ3v) is 5.11. The van der Waals surface area contributed by atoms with Crippen LogP contribution >= 0.6 is 15.9 Å². The average molecular weight is 355 g/mol. The summed E-state index contributed by atoms with van der Waals surface area (Å²) in [5.41, 5.74) is 1.75. The third kappa shape index (κ3) is 4.05. The van der Waals surface area contributed by atoms with Crippen LogP contribution in [0.5, 0.6) is 0 Å². The standard InChI is InChI=1S/C16H23BrN2O2/c1-12-13(4-3-5-14(12)17)15(20)19-10-16(11-21-2)6-8-18-9-7-16/h3-5,18H,6-11H2,1-2H3,(H,19,20). The van der Waals surface area contributed by atoms with Crippen LogP contribution in [-0.4, -0.2) is 39.3 Å². The Morgan fingerprint density at radius 3 is 2.81 bits per heavy atom. The molecule has 1 aliphatic rings. The van der Waals surface area contributed by atoms with Crippen molar-refractivity contribution in [2.45, 2.75) is 19.8 Å². The van der Waals surface area contributed by atoms with E-state index in [0.717, 1.165) is 41.5 Å². The van der Waals surface area contributed by atoms with Gasteiger partial charge in [0.2, 0.25) is 0 Å². The highest BCUT2D eigenvalue weighted by Gasteiger charge is 2.32. The Kier molecular flexibility index (Phi) is 5.79. The molecule has 4 nitrogen and oxygen atoms in total. The molecule has 0 aliphatic carbocycles. The van der Waals surface area contributed by atoms with Gasteiger partial charge in [-0.3, -0.25) is 4.79 Å². The Balaban J connectivity index is 2.03. The first kappa shape index (κ1) is 16.5. The van der Waals surface area contributed by atoms with E-state index in [9.17, 15) is 4.79 Å². The number of halogens is 1. The number of carbonyl (C=O) groups excluding carboxylic acids is 1. The van der Waals surface area contributed by atoms with E-state index in [-0.39, 0.29) is 11.3 Å². The second-order valence-electron chi connectivity index (χ2n) is 5.78. The Hall–Kier alpha value is -0.910. The van der Waals surface area contributed by atoms with Crippen LogP contribution in [0.15, 0.2) is 22.7 Å². The molecular formula is C16H23BrN2O2. The van der Waals surface area contributed by atoms with Gasteiger partial charge in [-0.2, -0.15) is 0 Å². The normalized spacial score (nSPS) is 17.5. The summed E-state index contributed by atoms with van der Waals surface area (Å²) in [6.45, 7) is 5.26. The van der Waals surface area contributed by atoms with Crippen molar-refractivity contribution in [2.24, 2.45) is 5.41 Å². The number of ether oxygens (including phenoxy) is 1. The number of methoxy groups -OCH3 is 1. The number of nitrogens with one attached hydrogen (secondary N) is 2. The molecule has 2 rings (SSSR count). The monoisotopic (exact) mass is 354 g/mol. The maximum absolute atomic E-state index is 12.4. The second kappa shape index (κ2) is 7.38. The number of rotatable bonds is 5. The fraction of sp³-hybridized carbons (Fsp3) is 0.562. The van der Waals surface area contributed by atoms with E-state index < -0.39 is 0 Å². The summed E-state index contributed by atoms with van der Waals surface area (Å²) in [6, 6.07) is 5.70. The molecule has 1 fully saturated rings. The lowest BCUT2D eigenvalue weighted by Crippen LogP contribution is -2.47. The van der Waals surface area contributed by atoms with Crippen molar-refractivity contribution >= 4 is 21.8 Å². The Morgan fingerprint density at radius 1 is 1.43 bits per heavy atom. The molecular weight excluding hydrogens is 332 g/mol. The zero-order valence-electron chi connectivity index (χ0n) is 12.7. The first-order chi connectivity index (χ1) is 10.1. The average Bonchev–Trinajstić information content (AvgIpc) is 2.49. The highest BCUT2D eigenvalue weighted by atomic mass is 79.9. The Labute approximate surface area is 134 Å². The molecule has 0 unspecified atom stereocenters. The van der Waals surface area contributed by atoms with Crippen LogP contribution in [0.4, 0.5) is 0 Å². The van der Waals surface area contributed by atoms with E-state index in [1.54, 1.807) is 7.11 Å². The van der Waals surface area contributed by atoms with Gasteiger partial charge in [-0.1, -0.05) is 22.0 Å². The molecule has 1 heterocycles. The number of piperidine rings is 1. The topological polar surface area (TPSA) is 50.4 Å². The molecule has 116 valence electrons. The van der Waals surface area contributed by atoms with Crippen molar-refractivity contribution in [3.8, 4) is 0 Å². The third-order valence-electron chi connectivity index (χ3n) is 4.25. The lowest BCUT2D eigenvalue weighted by atomic mass is 9.79. The van der Waals surface area contributed by atoms with Gasteiger partial charge >= 0.3 is 0 Å². The van der Waals surface area contributed by atoms with Gasteiger partial charge in [0.15, 0.2) is 0 Å². The van der Waals surface area contributed by atoms with Crippen molar-refractivity contribution in [3.63, 3.8) is 0 Å². The van der Waals surface area contributed by atoms with Crippen molar-refractivity contribution in [3.05, 3.63) is 33.8 Å². The van der Waals surface area contributed by atoms with Gasteiger partial charge in [0.25, 0.3) is 5.91 Å². The van der Waals surface area contributed by atoms with Crippen LogP contribution in [0.1, 0.15) is 28.8 Å². The van der Waals surface area contributed by atoms with Crippen LogP contribution in [0.3, 0.4) is 0 Å². The van der Waals surface area contributed by atoms with E-state index >= 15 is 0 Å². The van der Waals surface area contributed by atoms with Gasteiger partial charge in [-0.15, -0.1) is 0 Å². The van der Waals surface area contributed by atoms with E-state index in [1.165, 1.54) is 0 Å². The Bertz CT molecular complexity index is 494. The zero-order chi connectivity index (χ0) is 15.3. The van der Waals surface area contributed by atoms with Crippen LogP contribution in [0, 0.1) is 12.3 Å². The highest BCUT2D eigenvalue weighted by molar-refractivity contribution is 9.10. The van der Waals surface area contributed by atoms with Crippen molar-refractivity contribution in [1.82, 2.24) is 10.6 Å². The molecule has 2 N–H and O–H groups in total. The molecule has 1 saturated heterocycles. The van der Waals surface area contributed by atoms with E-state index in [1.807, 2.05) is 25.1 Å². The predicted octanol–water partition coefficient (Wildman–Crippen LogP) is 2.50. The lowest BCUT2D eigenvalue weighted by molar-refractivity contribution is 0.0511. The number of benzene rings is 1. The van der Waals surface area contributed by atoms with E-state index in [2.05, 4.69) is 26.6 Å². The molecule has 1 aromatic rings. The number of hydrogen-bond acceptors (Lipinski definition) is 3.